The molecule has 2 aliphatic rings. The molecule has 0 unspecified atom stereocenters. The first-order chi connectivity index (χ1) is 12.7. The van der Waals surface area contributed by atoms with E-state index in [0.29, 0.717) is 30.3 Å². The van der Waals surface area contributed by atoms with E-state index in [1.807, 2.05) is 12.1 Å². The molecule has 2 N–H and O–H groups in total. The van der Waals surface area contributed by atoms with Crippen molar-refractivity contribution in [3.8, 4) is 11.5 Å². The van der Waals surface area contributed by atoms with Gasteiger partial charge in [-0.3, -0.25) is 9.78 Å². The van der Waals surface area contributed by atoms with Gasteiger partial charge in [-0.15, -0.1) is 0 Å². The summed E-state index contributed by atoms with van der Waals surface area (Å²) in [6, 6.07) is 9.14. The molecule has 0 radical (unpaired) electrons. The fourth-order valence-electron chi connectivity index (χ4n) is 3.50. The summed E-state index contributed by atoms with van der Waals surface area (Å²) in [5.41, 5.74) is 1.67. The van der Waals surface area contributed by atoms with Crippen molar-refractivity contribution >= 4 is 5.91 Å². The Labute approximate surface area is 152 Å². The fourth-order valence-corrected chi connectivity index (χ4v) is 3.50. The Morgan fingerprint density at radius 3 is 2.62 bits per heavy atom. The van der Waals surface area contributed by atoms with Crippen LogP contribution in [0.4, 0.5) is 0 Å². The number of carbonyl (C=O) groups excluding carboxylic acids is 1. The Morgan fingerprint density at radius 2 is 1.88 bits per heavy atom. The lowest BCUT2D eigenvalue weighted by Crippen LogP contribution is -2.48. The van der Waals surface area contributed by atoms with E-state index in [4.69, 9.17) is 9.47 Å². The molecule has 26 heavy (non-hydrogen) atoms. The highest BCUT2D eigenvalue weighted by molar-refractivity contribution is 5.95. The van der Waals surface area contributed by atoms with Gasteiger partial charge in [0.05, 0.1) is 6.10 Å². The van der Waals surface area contributed by atoms with Crippen LogP contribution in [0.2, 0.25) is 0 Å². The van der Waals surface area contributed by atoms with E-state index >= 15 is 0 Å². The smallest absolute Gasteiger partial charge is 0.251 e. The number of nitrogens with zero attached hydrogens (tertiary/aromatic N) is 1. The van der Waals surface area contributed by atoms with Crippen LogP contribution in [0.1, 0.15) is 28.8 Å². The Hall–Kier alpha value is -2.60. The van der Waals surface area contributed by atoms with E-state index in [1.54, 1.807) is 30.6 Å². The molecule has 1 saturated carbocycles. The fraction of sp³-hybridized carbons (Fsp3) is 0.400. The third-order valence-electron chi connectivity index (χ3n) is 5.04. The van der Waals surface area contributed by atoms with Crippen molar-refractivity contribution in [3.63, 3.8) is 0 Å². The number of pyridine rings is 1. The highest BCUT2D eigenvalue weighted by atomic mass is 16.6. The quantitative estimate of drug-likeness (QED) is 0.858. The van der Waals surface area contributed by atoms with Crippen molar-refractivity contribution in [1.29, 1.82) is 0 Å². The summed E-state index contributed by atoms with van der Waals surface area (Å²) in [6.45, 7) is 1.01. The maximum atomic E-state index is 12.8. The minimum absolute atomic E-state index is 0.0264. The number of aliphatic hydroxyl groups excluding tert-OH is 1. The summed E-state index contributed by atoms with van der Waals surface area (Å²) >= 11 is 0. The largest absolute Gasteiger partial charge is 0.486 e. The number of benzene rings is 1. The molecule has 6 nitrogen and oxygen atoms in total. The molecule has 1 fully saturated rings. The van der Waals surface area contributed by atoms with Crippen LogP contribution in [0.3, 0.4) is 0 Å². The lowest BCUT2D eigenvalue weighted by atomic mass is 9.75. The number of rotatable bonds is 5. The van der Waals surface area contributed by atoms with E-state index < -0.39 is 0 Å². The molecule has 0 saturated heterocycles. The summed E-state index contributed by atoms with van der Waals surface area (Å²) < 4.78 is 11.1. The Balaban J connectivity index is 1.48. The first-order valence-electron chi connectivity index (χ1n) is 8.96. The normalized spacial score (nSPS) is 22.2. The van der Waals surface area contributed by atoms with Gasteiger partial charge < -0.3 is 19.9 Å². The number of amides is 1. The van der Waals surface area contributed by atoms with E-state index in [1.165, 1.54) is 0 Å². The van der Waals surface area contributed by atoms with E-state index in [9.17, 15) is 9.90 Å². The lowest BCUT2D eigenvalue weighted by Gasteiger charge is -2.38. The monoisotopic (exact) mass is 354 g/mol. The SMILES string of the molecule is O=C(N[C@H](Cc1ccncc1)C1CC(O)C1)c1ccc2c(c1)OCCO2. The number of ether oxygens (including phenoxy) is 2. The zero-order valence-corrected chi connectivity index (χ0v) is 14.4. The highest BCUT2D eigenvalue weighted by Crippen LogP contribution is 2.33. The molecule has 6 heteroatoms. The van der Waals surface area contributed by atoms with Gasteiger partial charge in [-0.25, -0.2) is 0 Å². The van der Waals surface area contributed by atoms with Gasteiger partial charge in [0.25, 0.3) is 5.91 Å². The zero-order chi connectivity index (χ0) is 17.9. The summed E-state index contributed by atoms with van der Waals surface area (Å²) in [4.78, 5) is 16.8. The van der Waals surface area contributed by atoms with Crippen molar-refractivity contribution in [2.24, 2.45) is 5.92 Å². The first kappa shape index (κ1) is 16.8. The van der Waals surface area contributed by atoms with Gasteiger partial charge >= 0.3 is 0 Å². The van der Waals surface area contributed by atoms with Crippen LogP contribution >= 0.6 is 0 Å². The molecule has 1 aliphatic carbocycles. The van der Waals surface area contributed by atoms with E-state index in [2.05, 4.69) is 10.3 Å². The third kappa shape index (κ3) is 3.65. The molecule has 1 atom stereocenters. The van der Waals surface area contributed by atoms with Crippen molar-refractivity contribution in [3.05, 3.63) is 53.9 Å². The van der Waals surface area contributed by atoms with Crippen molar-refractivity contribution < 1.29 is 19.4 Å². The molecule has 1 aromatic heterocycles. The number of hydrogen-bond donors (Lipinski definition) is 2. The van der Waals surface area contributed by atoms with Gasteiger partial charge in [0.15, 0.2) is 11.5 Å². The number of carbonyl (C=O) groups is 1. The summed E-state index contributed by atoms with van der Waals surface area (Å²) in [5.74, 6) is 1.42. The van der Waals surface area contributed by atoms with Crippen LogP contribution in [-0.2, 0) is 6.42 Å². The summed E-state index contributed by atoms with van der Waals surface area (Å²) in [5, 5.41) is 12.8. The second kappa shape index (κ2) is 7.33. The molecule has 1 aliphatic heterocycles. The molecule has 1 aromatic carbocycles. The average molecular weight is 354 g/mol. The zero-order valence-electron chi connectivity index (χ0n) is 14.4. The van der Waals surface area contributed by atoms with E-state index in [-0.39, 0.29) is 24.0 Å². The third-order valence-corrected chi connectivity index (χ3v) is 5.04. The minimum Gasteiger partial charge on any atom is -0.486 e. The molecule has 4 rings (SSSR count). The molecule has 2 aromatic rings. The standard InChI is InChI=1S/C20H22N2O4/c23-16-10-15(11-16)17(9-13-3-5-21-6-4-13)22-20(24)14-1-2-18-19(12-14)26-8-7-25-18/h1-6,12,15-17,23H,7-11H2,(H,22,24)/t15?,16?,17-/m1/s1. The van der Waals surface area contributed by atoms with Gasteiger partial charge in [-0.2, -0.15) is 0 Å². The van der Waals surface area contributed by atoms with E-state index in [0.717, 1.165) is 24.8 Å². The number of aromatic nitrogens is 1. The first-order valence-corrected chi connectivity index (χ1v) is 8.96. The Kier molecular flexibility index (Phi) is 4.75. The molecule has 2 heterocycles. The second-order valence-electron chi connectivity index (χ2n) is 6.88. The molecular formula is C20H22N2O4. The topological polar surface area (TPSA) is 80.7 Å². The van der Waals surface area contributed by atoms with Crippen LogP contribution < -0.4 is 14.8 Å². The molecule has 0 bridgehead atoms. The second-order valence-corrected chi connectivity index (χ2v) is 6.88. The molecular weight excluding hydrogens is 332 g/mol. The van der Waals surface area contributed by atoms with Gasteiger partial charge in [-0.05, 0) is 61.1 Å². The maximum Gasteiger partial charge on any atom is 0.251 e. The van der Waals surface area contributed by atoms with Gasteiger partial charge in [0, 0.05) is 24.0 Å². The number of fused-ring (bicyclic) bond motifs is 1. The predicted molar refractivity (Wildman–Crippen MR) is 95.4 cm³/mol. The van der Waals surface area contributed by atoms with Crippen LogP contribution in [0.25, 0.3) is 0 Å². The van der Waals surface area contributed by atoms with Gasteiger partial charge in [0.1, 0.15) is 13.2 Å². The Bertz CT molecular complexity index is 775. The van der Waals surface area contributed by atoms with Crippen LogP contribution in [-0.4, -0.2) is 41.4 Å². The maximum absolute atomic E-state index is 12.8. The highest BCUT2D eigenvalue weighted by Gasteiger charge is 2.35. The summed E-state index contributed by atoms with van der Waals surface area (Å²) in [6.07, 6.45) is 5.41. The van der Waals surface area contributed by atoms with Crippen molar-refractivity contribution in [2.45, 2.75) is 31.4 Å². The molecule has 0 spiro atoms. The van der Waals surface area contributed by atoms with Gasteiger partial charge in [-0.1, -0.05) is 0 Å². The number of hydrogen-bond acceptors (Lipinski definition) is 5. The van der Waals surface area contributed by atoms with Crippen LogP contribution in [0.15, 0.2) is 42.7 Å². The molecule has 136 valence electrons. The van der Waals surface area contributed by atoms with Crippen molar-refractivity contribution in [1.82, 2.24) is 10.3 Å². The van der Waals surface area contributed by atoms with Crippen LogP contribution in [0, 0.1) is 5.92 Å². The number of nitrogens with one attached hydrogen (secondary N) is 1. The van der Waals surface area contributed by atoms with Gasteiger partial charge in [0.2, 0.25) is 0 Å². The van der Waals surface area contributed by atoms with Crippen LogP contribution in [0.5, 0.6) is 11.5 Å². The lowest BCUT2D eigenvalue weighted by molar-refractivity contribution is 0.0239. The van der Waals surface area contributed by atoms with Crippen molar-refractivity contribution in [2.75, 3.05) is 13.2 Å². The summed E-state index contributed by atoms with van der Waals surface area (Å²) in [7, 11) is 0. The number of aliphatic hydroxyl groups is 1. The average Bonchev–Trinajstić information content (AvgIpc) is 2.65. The minimum atomic E-state index is -0.258. The Morgan fingerprint density at radius 1 is 1.15 bits per heavy atom. The molecule has 1 amide bonds. The predicted octanol–water partition coefficient (Wildman–Crippen LogP) is 1.96.